The number of nitrogens with zero attached hydrogens (tertiary/aromatic N) is 3. The summed E-state index contributed by atoms with van der Waals surface area (Å²) >= 11 is 0. The molecule has 5 heteroatoms. The summed E-state index contributed by atoms with van der Waals surface area (Å²) in [6, 6.07) is 19.7. The zero-order valence-corrected chi connectivity index (χ0v) is 14.4. The van der Waals surface area contributed by atoms with Crippen molar-refractivity contribution < 1.29 is 4.42 Å². The Morgan fingerprint density at radius 3 is 2.80 bits per heavy atom. The van der Waals surface area contributed by atoms with Crippen LogP contribution in [0.3, 0.4) is 0 Å². The molecule has 0 saturated carbocycles. The van der Waals surface area contributed by atoms with Gasteiger partial charge in [0.05, 0.1) is 18.2 Å². The van der Waals surface area contributed by atoms with E-state index in [1.807, 2.05) is 54.4 Å². The predicted octanol–water partition coefficient (Wildman–Crippen LogP) is 3.51. The van der Waals surface area contributed by atoms with Crippen LogP contribution in [-0.2, 0) is 13.1 Å². The molecule has 0 saturated heterocycles. The highest BCUT2D eigenvalue weighted by Gasteiger charge is 2.10. The molecular formula is C20H20N4O. The minimum Gasteiger partial charge on any atom is -0.459 e. The SMILES string of the molecule is CN=C(NCc1cccc(C#N)c1)N(C)Cc1cc2ccccc2o1. The van der Waals surface area contributed by atoms with Crippen LogP contribution in [0.1, 0.15) is 16.9 Å². The van der Waals surface area contributed by atoms with Gasteiger partial charge in [0.25, 0.3) is 0 Å². The Kier molecular flexibility index (Phi) is 5.00. The molecule has 2 aromatic carbocycles. The van der Waals surface area contributed by atoms with Crippen LogP contribution in [0.25, 0.3) is 11.0 Å². The number of aliphatic imine (C=N–C) groups is 1. The minimum absolute atomic E-state index is 0.604. The number of nitrogens with one attached hydrogen (secondary N) is 1. The van der Waals surface area contributed by atoms with Crippen molar-refractivity contribution in [2.45, 2.75) is 13.1 Å². The summed E-state index contributed by atoms with van der Waals surface area (Å²) in [6.45, 7) is 1.22. The van der Waals surface area contributed by atoms with Crippen molar-refractivity contribution in [1.82, 2.24) is 10.2 Å². The lowest BCUT2D eigenvalue weighted by Gasteiger charge is -2.21. The van der Waals surface area contributed by atoms with Crippen molar-refractivity contribution in [3.05, 3.63) is 71.5 Å². The highest BCUT2D eigenvalue weighted by molar-refractivity contribution is 5.80. The molecule has 1 heterocycles. The van der Waals surface area contributed by atoms with Crippen molar-refractivity contribution in [1.29, 1.82) is 5.26 Å². The zero-order chi connectivity index (χ0) is 17.6. The summed E-state index contributed by atoms with van der Waals surface area (Å²) in [5.41, 5.74) is 2.59. The lowest BCUT2D eigenvalue weighted by molar-refractivity contribution is 0.412. The van der Waals surface area contributed by atoms with E-state index in [2.05, 4.69) is 22.4 Å². The standard InChI is InChI=1S/C20H20N4O/c1-22-20(23-13-16-7-5-6-15(10-16)12-21)24(2)14-18-11-17-8-3-4-9-19(17)25-18/h3-11H,13-14H2,1-2H3,(H,22,23). The van der Waals surface area contributed by atoms with Gasteiger partial charge in [-0.05, 0) is 29.8 Å². The van der Waals surface area contributed by atoms with E-state index in [0.717, 1.165) is 28.3 Å². The number of para-hydroxylation sites is 1. The Morgan fingerprint density at radius 1 is 1.20 bits per heavy atom. The monoisotopic (exact) mass is 332 g/mol. The number of rotatable bonds is 4. The third-order valence-corrected chi connectivity index (χ3v) is 3.95. The lowest BCUT2D eigenvalue weighted by atomic mass is 10.1. The van der Waals surface area contributed by atoms with E-state index in [4.69, 9.17) is 9.68 Å². The van der Waals surface area contributed by atoms with E-state index in [1.165, 1.54) is 0 Å². The van der Waals surface area contributed by atoms with Crippen LogP contribution in [0.15, 0.2) is 64.0 Å². The van der Waals surface area contributed by atoms with Crippen LogP contribution in [0, 0.1) is 11.3 Å². The Bertz CT molecular complexity index is 903. The van der Waals surface area contributed by atoms with Crippen LogP contribution in [0.2, 0.25) is 0 Å². The van der Waals surface area contributed by atoms with Gasteiger partial charge in [-0.15, -0.1) is 0 Å². The molecule has 3 aromatic rings. The average Bonchev–Trinajstić information content (AvgIpc) is 3.04. The minimum atomic E-state index is 0.604. The summed E-state index contributed by atoms with van der Waals surface area (Å²) < 4.78 is 5.87. The number of furan rings is 1. The van der Waals surface area contributed by atoms with Crippen LogP contribution in [0.5, 0.6) is 0 Å². The molecule has 0 spiro atoms. The largest absolute Gasteiger partial charge is 0.459 e. The van der Waals surface area contributed by atoms with Gasteiger partial charge < -0.3 is 14.6 Å². The van der Waals surface area contributed by atoms with Gasteiger partial charge in [0.15, 0.2) is 5.96 Å². The van der Waals surface area contributed by atoms with Gasteiger partial charge in [0, 0.05) is 26.0 Å². The summed E-state index contributed by atoms with van der Waals surface area (Å²) in [7, 11) is 3.72. The maximum Gasteiger partial charge on any atom is 0.194 e. The zero-order valence-electron chi connectivity index (χ0n) is 14.4. The molecule has 0 bridgehead atoms. The molecule has 1 N–H and O–H groups in total. The molecule has 25 heavy (non-hydrogen) atoms. The molecule has 1 aromatic heterocycles. The molecule has 0 aliphatic carbocycles. The maximum atomic E-state index is 8.99. The smallest absolute Gasteiger partial charge is 0.194 e. The Balaban J connectivity index is 1.64. The summed E-state index contributed by atoms with van der Waals surface area (Å²) in [6.07, 6.45) is 0. The number of fused-ring (bicyclic) bond motifs is 1. The van der Waals surface area contributed by atoms with Crippen molar-refractivity contribution in [2.75, 3.05) is 14.1 Å². The summed E-state index contributed by atoms with van der Waals surface area (Å²) in [5.74, 6) is 1.65. The Labute approximate surface area is 147 Å². The molecule has 0 amide bonds. The topological polar surface area (TPSA) is 64.6 Å². The van der Waals surface area contributed by atoms with E-state index < -0.39 is 0 Å². The third-order valence-electron chi connectivity index (χ3n) is 3.95. The van der Waals surface area contributed by atoms with Gasteiger partial charge in [0.2, 0.25) is 0 Å². The third kappa shape index (κ3) is 3.99. The van der Waals surface area contributed by atoms with E-state index in [-0.39, 0.29) is 0 Å². The first-order valence-corrected chi connectivity index (χ1v) is 8.08. The van der Waals surface area contributed by atoms with Gasteiger partial charge >= 0.3 is 0 Å². The lowest BCUT2D eigenvalue weighted by Crippen LogP contribution is -2.37. The number of guanidine groups is 1. The number of hydrogen-bond acceptors (Lipinski definition) is 3. The fourth-order valence-corrected chi connectivity index (χ4v) is 2.74. The van der Waals surface area contributed by atoms with E-state index in [0.29, 0.717) is 18.7 Å². The fourth-order valence-electron chi connectivity index (χ4n) is 2.74. The molecule has 0 aliphatic rings. The van der Waals surface area contributed by atoms with Crippen molar-refractivity contribution in [2.24, 2.45) is 4.99 Å². The second kappa shape index (κ2) is 7.54. The van der Waals surface area contributed by atoms with Crippen molar-refractivity contribution in [3.8, 4) is 6.07 Å². The molecule has 126 valence electrons. The number of nitriles is 1. The van der Waals surface area contributed by atoms with Crippen LogP contribution in [-0.4, -0.2) is 25.0 Å². The summed E-state index contributed by atoms with van der Waals surface area (Å²) in [4.78, 5) is 6.33. The van der Waals surface area contributed by atoms with Gasteiger partial charge in [-0.25, -0.2) is 0 Å². The molecule has 0 radical (unpaired) electrons. The normalized spacial score (nSPS) is 11.3. The maximum absolute atomic E-state index is 8.99. The Hall–Kier alpha value is -3.26. The number of benzene rings is 2. The van der Waals surface area contributed by atoms with Crippen molar-refractivity contribution >= 4 is 16.9 Å². The second-order valence-electron chi connectivity index (χ2n) is 5.82. The van der Waals surface area contributed by atoms with Crippen molar-refractivity contribution in [3.63, 3.8) is 0 Å². The molecule has 0 unspecified atom stereocenters. The van der Waals surface area contributed by atoms with E-state index in [9.17, 15) is 0 Å². The first-order chi connectivity index (χ1) is 12.2. The molecule has 3 rings (SSSR count). The highest BCUT2D eigenvalue weighted by atomic mass is 16.3. The average molecular weight is 332 g/mol. The van der Waals surface area contributed by atoms with Crippen LogP contribution >= 0.6 is 0 Å². The van der Waals surface area contributed by atoms with Gasteiger partial charge in [-0.1, -0.05) is 30.3 Å². The molecule has 0 aliphatic heterocycles. The first-order valence-electron chi connectivity index (χ1n) is 8.08. The van der Waals surface area contributed by atoms with Gasteiger partial charge in [-0.3, -0.25) is 4.99 Å². The summed E-state index contributed by atoms with van der Waals surface area (Å²) in [5, 5.41) is 13.4. The first kappa shape index (κ1) is 16.6. The molecular weight excluding hydrogens is 312 g/mol. The Morgan fingerprint density at radius 2 is 2.04 bits per heavy atom. The predicted molar refractivity (Wildman–Crippen MR) is 99.0 cm³/mol. The van der Waals surface area contributed by atoms with Crippen LogP contribution < -0.4 is 5.32 Å². The second-order valence-corrected chi connectivity index (χ2v) is 5.82. The van der Waals surface area contributed by atoms with Crippen LogP contribution in [0.4, 0.5) is 0 Å². The van der Waals surface area contributed by atoms with Gasteiger partial charge in [-0.2, -0.15) is 5.26 Å². The molecule has 0 fully saturated rings. The number of hydrogen-bond donors (Lipinski definition) is 1. The highest BCUT2D eigenvalue weighted by Crippen LogP contribution is 2.19. The molecule has 5 nitrogen and oxygen atoms in total. The van der Waals surface area contributed by atoms with E-state index in [1.54, 1.807) is 13.1 Å². The fraction of sp³-hybridized carbons (Fsp3) is 0.200. The van der Waals surface area contributed by atoms with E-state index >= 15 is 0 Å². The quantitative estimate of drug-likeness (QED) is 0.586. The van der Waals surface area contributed by atoms with Gasteiger partial charge in [0.1, 0.15) is 11.3 Å². The molecule has 0 atom stereocenters.